The second-order valence-corrected chi connectivity index (χ2v) is 7.32. The average molecular weight is 362 g/mol. The first-order valence-corrected chi connectivity index (χ1v) is 8.88. The summed E-state index contributed by atoms with van der Waals surface area (Å²) in [6.45, 7) is 2.14. The van der Waals surface area contributed by atoms with Crippen LogP contribution in [0.15, 0.2) is 22.5 Å². The Hall–Kier alpha value is -0.820. The van der Waals surface area contributed by atoms with Gasteiger partial charge < -0.3 is 0 Å². The van der Waals surface area contributed by atoms with Crippen molar-refractivity contribution in [2.45, 2.75) is 24.1 Å². The van der Waals surface area contributed by atoms with Crippen LogP contribution in [0.25, 0.3) is 0 Å². The molecule has 0 spiro atoms. The number of aromatic nitrogens is 2. The fourth-order valence-corrected chi connectivity index (χ4v) is 3.86. The quantitative estimate of drug-likeness (QED) is 0.447. The number of amides is 1. The number of benzene rings is 1. The van der Waals surface area contributed by atoms with E-state index in [-0.39, 0.29) is 5.91 Å². The van der Waals surface area contributed by atoms with Gasteiger partial charge in [-0.2, -0.15) is 0 Å². The third kappa shape index (κ3) is 4.85. The molecule has 0 bridgehead atoms. The van der Waals surface area contributed by atoms with Crippen LogP contribution in [-0.2, 0) is 0 Å². The van der Waals surface area contributed by atoms with Gasteiger partial charge in [0.05, 0.1) is 10.6 Å². The van der Waals surface area contributed by atoms with Crippen molar-refractivity contribution in [1.29, 1.82) is 0 Å². The Kier molecular flexibility index (Phi) is 6.29. The van der Waals surface area contributed by atoms with Gasteiger partial charge in [0, 0.05) is 10.8 Å². The Bertz CT molecular complexity index is 634. The van der Waals surface area contributed by atoms with E-state index < -0.39 is 0 Å². The van der Waals surface area contributed by atoms with Crippen molar-refractivity contribution in [1.82, 2.24) is 10.2 Å². The summed E-state index contributed by atoms with van der Waals surface area (Å²) >= 11 is 14.8. The Labute approximate surface area is 141 Å². The van der Waals surface area contributed by atoms with Crippen LogP contribution < -0.4 is 5.32 Å². The summed E-state index contributed by atoms with van der Waals surface area (Å²) < 4.78 is 0.848. The van der Waals surface area contributed by atoms with E-state index in [2.05, 4.69) is 22.4 Å². The smallest absolute Gasteiger partial charge is 0.259 e. The fraction of sp³-hybridized carbons (Fsp3) is 0.308. The van der Waals surface area contributed by atoms with Gasteiger partial charge in [0.15, 0.2) is 4.34 Å². The molecule has 8 heteroatoms. The molecule has 1 heterocycles. The summed E-state index contributed by atoms with van der Waals surface area (Å²) in [4.78, 5) is 12.1. The van der Waals surface area contributed by atoms with E-state index in [1.165, 1.54) is 17.4 Å². The van der Waals surface area contributed by atoms with E-state index >= 15 is 0 Å². The summed E-state index contributed by atoms with van der Waals surface area (Å²) in [6.07, 6.45) is 2.27. The SMILES string of the molecule is CCCCSc1nnc(NC(=O)c2ccc(Cl)cc2Cl)s1. The van der Waals surface area contributed by atoms with E-state index in [4.69, 9.17) is 23.2 Å². The van der Waals surface area contributed by atoms with Crippen molar-refractivity contribution in [3.63, 3.8) is 0 Å². The van der Waals surface area contributed by atoms with Crippen LogP contribution in [0.1, 0.15) is 30.1 Å². The first-order chi connectivity index (χ1) is 10.1. The highest BCUT2D eigenvalue weighted by molar-refractivity contribution is 8.01. The van der Waals surface area contributed by atoms with Crippen LogP contribution >= 0.6 is 46.3 Å². The number of hydrogen-bond acceptors (Lipinski definition) is 5. The minimum absolute atomic E-state index is 0.307. The third-order valence-corrected chi connectivity index (χ3v) is 5.13. The van der Waals surface area contributed by atoms with Crippen molar-refractivity contribution in [3.8, 4) is 0 Å². The number of unbranched alkanes of at least 4 members (excludes halogenated alkanes) is 1. The van der Waals surface area contributed by atoms with Gasteiger partial charge in [-0.25, -0.2) is 0 Å². The van der Waals surface area contributed by atoms with Gasteiger partial charge in [0.1, 0.15) is 0 Å². The van der Waals surface area contributed by atoms with E-state index in [1.807, 2.05) is 0 Å². The van der Waals surface area contributed by atoms with Crippen molar-refractivity contribution >= 4 is 57.3 Å². The molecule has 2 aromatic rings. The molecular weight excluding hydrogens is 349 g/mol. The Morgan fingerprint density at radius 1 is 1.38 bits per heavy atom. The van der Waals surface area contributed by atoms with Crippen LogP contribution in [-0.4, -0.2) is 21.9 Å². The van der Waals surface area contributed by atoms with Gasteiger partial charge >= 0.3 is 0 Å². The van der Waals surface area contributed by atoms with Crippen molar-refractivity contribution in [3.05, 3.63) is 33.8 Å². The lowest BCUT2D eigenvalue weighted by Crippen LogP contribution is -2.12. The first kappa shape index (κ1) is 16.5. The highest BCUT2D eigenvalue weighted by Gasteiger charge is 2.13. The molecule has 1 aromatic carbocycles. The molecule has 0 aliphatic carbocycles. The van der Waals surface area contributed by atoms with Crippen LogP contribution in [0.3, 0.4) is 0 Å². The number of rotatable bonds is 6. The normalized spacial score (nSPS) is 10.6. The average Bonchev–Trinajstić information content (AvgIpc) is 2.86. The number of carbonyl (C=O) groups excluding carboxylic acids is 1. The maximum absolute atomic E-state index is 12.1. The number of nitrogens with zero attached hydrogens (tertiary/aromatic N) is 2. The number of halogens is 2. The monoisotopic (exact) mass is 361 g/mol. The molecule has 0 unspecified atom stereocenters. The molecule has 0 atom stereocenters. The van der Waals surface area contributed by atoms with Gasteiger partial charge in [0.25, 0.3) is 5.91 Å². The molecule has 1 amide bonds. The molecule has 0 fully saturated rings. The maximum atomic E-state index is 12.1. The van der Waals surface area contributed by atoms with Gasteiger partial charge in [-0.05, 0) is 24.6 Å². The summed E-state index contributed by atoms with van der Waals surface area (Å²) in [5, 5.41) is 11.9. The second kappa shape index (κ2) is 7.98. The molecule has 1 aromatic heterocycles. The topological polar surface area (TPSA) is 54.9 Å². The molecule has 0 aliphatic rings. The highest BCUT2D eigenvalue weighted by Crippen LogP contribution is 2.27. The lowest BCUT2D eigenvalue weighted by atomic mass is 10.2. The minimum Gasteiger partial charge on any atom is -0.296 e. The number of nitrogens with one attached hydrogen (secondary N) is 1. The lowest BCUT2D eigenvalue weighted by Gasteiger charge is -2.03. The minimum atomic E-state index is -0.321. The van der Waals surface area contributed by atoms with E-state index in [0.29, 0.717) is 20.7 Å². The molecule has 21 heavy (non-hydrogen) atoms. The van der Waals surface area contributed by atoms with E-state index in [9.17, 15) is 4.79 Å². The number of thioether (sulfide) groups is 1. The molecule has 112 valence electrons. The molecule has 4 nitrogen and oxygen atoms in total. The van der Waals surface area contributed by atoms with Crippen LogP contribution in [0.2, 0.25) is 10.0 Å². The van der Waals surface area contributed by atoms with Crippen LogP contribution in [0.5, 0.6) is 0 Å². The van der Waals surface area contributed by atoms with Crippen molar-refractivity contribution in [2.75, 3.05) is 11.1 Å². The third-order valence-electron chi connectivity index (χ3n) is 2.53. The predicted molar refractivity (Wildman–Crippen MR) is 90.0 cm³/mol. The Balaban J connectivity index is 1.99. The molecule has 0 aliphatic heterocycles. The zero-order valence-electron chi connectivity index (χ0n) is 11.2. The molecule has 0 saturated carbocycles. The van der Waals surface area contributed by atoms with Crippen LogP contribution in [0.4, 0.5) is 5.13 Å². The zero-order chi connectivity index (χ0) is 15.2. The predicted octanol–water partition coefficient (Wildman–Crippen LogP) is 4.99. The van der Waals surface area contributed by atoms with Crippen LogP contribution in [0, 0.1) is 0 Å². The van der Waals surface area contributed by atoms with E-state index in [1.54, 1.807) is 23.9 Å². The highest BCUT2D eigenvalue weighted by atomic mass is 35.5. The molecular formula is C13H13Cl2N3OS2. The molecule has 2 rings (SSSR count). The first-order valence-electron chi connectivity index (χ1n) is 6.33. The standard InChI is InChI=1S/C13H13Cl2N3OS2/c1-2-3-6-20-13-18-17-12(21-13)16-11(19)9-5-4-8(14)7-10(9)15/h4-5,7H,2-3,6H2,1H3,(H,16,17,19). The van der Waals surface area contributed by atoms with E-state index in [0.717, 1.165) is 22.9 Å². The second-order valence-electron chi connectivity index (χ2n) is 4.15. The summed E-state index contributed by atoms with van der Waals surface area (Å²) in [7, 11) is 0. The number of hydrogen-bond donors (Lipinski definition) is 1. The Morgan fingerprint density at radius 2 is 2.19 bits per heavy atom. The fourth-order valence-electron chi connectivity index (χ4n) is 1.46. The maximum Gasteiger partial charge on any atom is 0.259 e. The summed E-state index contributed by atoms with van der Waals surface area (Å²) in [5.41, 5.74) is 0.358. The Morgan fingerprint density at radius 3 is 2.90 bits per heavy atom. The van der Waals surface area contributed by atoms with Crippen molar-refractivity contribution < 1.29 is 4.79 Å². The van der Waals surface area contributed by atoms with Gasteiger partial charge in [-0.1, -0.05) is 59.6 Å². The van der Waals surface area contributed by atoms with Gasteiger partial charge in [-0.3, -0.25) is 10.1 Å². The number of carbonyl (C=O) groups is 1. The van der Waals surface area contributed by atoms with Crippen molar-refractivity contribution in [2.24, 2.45) is 0 Å². The number of anilines is 1. The van der Waals surface area contributed by atoms with Gasteiger partial charge in [-0.15, -0.1) is 10.2 Å². The zero-order valence-corrected chi connectivity index (χ0v) is 14.4. The summed E-state index contributed by atoms with van der Waals surface area (Å²) in [5.74, 6) is 0.681. The largest absolute Gasteiger partial charge is 0.296 e. The lowest BCUT2D eigenvalue weighted by molar-refractivity contribution is 0.102. The molecule has 0 saturated heterocycles. The summed E-state index contributed by atoms with van der Waals surface area (Å²) in [6, 6.07) is 4.73. The molecule has 1 N–H and O–H groups in total. The van der Waals surface area contributed by atoms with Gasteiger partial charge in [0.2, 0.25) is 5.13 Å². The molecule has 0 radical (unpaired) electrons.